The van der Waals surface area contributed by atoms with Crippen LogP contribution >= 0.6 is 0 Å². The number of anilines is 2. The molecule has 0 unspecified atom stereocenters. The van der Waals surface area contributed by atoms with Crippen molar-refractivity contribution >= 4 is 33.2 Å². The van der Waals surface area contributed by atoms with Crippen molar-refractivity contribution in [2.24, 2.45) is 0 Å². The lowest BCUT2D eigenvalue weighted by Gasteiger charge is -2.20. The van der Waals surface area contributed by atoms with Gasteiger partial charge in [0.15, 0.2) is 0 Å². The van der Waals surface area contributed by atoms with E-state index in [9.17, 15) is 18.0 Å². The van der Waals surface area contributed by atoms with Crippen molar-refractivity contribution in [1.29, 1.82) is 0 Å². The molecule has 0 bridgehead atoms. The van der Waals surface area contributed by atoms with Gasteiger partial charge in [0.2, 0.25) is 21.8 Å². The third kappa shape index (κ3) is 8.93. The number of hydrogen-bond donors (Lipinski definition) is 2. The molecule has 8 nitrogen and oxygen atoms in total. The van der Waals surface area contributed by atoms with Crippen LogP contribution in [0.2, 0.25) is 0 Å². The zero-order valence-electron chi connectivity index (χ0n) is 15.8. The van der Waals surface area contributed by atoms with Crippen LogP contribution in [-0.2, 0) is 19.6 Å². The number of benzene rings is 1. The van der Waals surface area contributed by atoms with E-state index in [1.54, 1.807) is 24.3 Å². The number of sulfonamides is 1. The smallest absolute Gasteiger partial charge is 0.225 e. The van der Waals surface area contributed by atoms with Crippen molar-refractivity contribution in [3.8, 4) is 0 Å². The molecule has 0 aliphatic heterocycles. The van der Waals surface area contributed by atoms with Gasteiger partial charge >= 0.3 is 0 Å². The van der Waals surface area contributed by atoms with Gasteiger partial charge in [-0.3, -0.25) is 9.59 Å². The second-order valence-corrected chi connectivity index (χ2v) is 8.36. The Bertz CT molecular complexity index is 702. The van der Waals surface area contributed by atoms with E-state index in [1.807, 2.05) is 19.0 Å². The molecule has 2 N–H and O–H groups in total. The van der Waals surface area contributed by atoms with E-state index in [0.29, 0.717) is 24.3 Å². The highest BCUT2D eigenvalue weighted by Crippen LogP contribution is 2.14. The van der Waals surface area contributed by atoms with Gasteiger partial charge in [-0.2, -0.15) is 0 Å². The van der Waals surface area contributed by atoms with Gasteiger partial charge in [-0.25, -0.2) is 12.7 Å². The van der Waals surface area contributed by atoms with Crippen molar-refractivity contribution < 1.29 is 18.0 Å². The average Bonchev–Trinajstić information content (AvgIpc) is 2.50. The Kier molecular flexibility index (Phi) is 8.70. The fourth-order valence-corrected chi connectivity index (χ4v) is 3.18. The lowest BCUT2D eigenvalue weighted by atomic mass is 10.2. The van der Waals surface area contributed by atoms with Gasteiger partial charge in [-0.15, -0.1) is 0 Å². The molecule has 0 heterocycles. The number of hydrogen-bond acceptors (Lipinski definition) is 5. The molecule has 1 aromatic rings. The average molecular weight is 385 g/mol. The molecule has 2 amide bonds. The number of amides is 2. The zero-order valence-corrected chi connectivity index (χ0v) is 16.6. The third-order valence-electron chi connectivity index (χ3n) is 3.56. The van der Waals surface area contributed by atoms with E-state index in [2.05, 4.69) is 10.6 Å². The Hall–Kier alpha value is -1.97. The van der Waals surface area contributed by atoms with Crippen LogP contribution in [0.15, 0.2) is 24.3 Å². The van der Waals surface area contributed by atoms with Crippen LogP contribution in [0, 0.1) is 0 Å². The first-order chi connectivity index (χ1) is 12.1. The highest BCUT2D eigenvalue weighted by Gasteiger charge is 2.17. The van der Waals surface area contributed by atoms with Crippen LogP contribution in [0.3, 0.4) is 0 Å². The Morgan fingerprint density at radius 3 is 1.96 bits per heavy atom. The summed E-state index contributed by atoms with van der Waals surface area (Å²) in [4.78, 5) is 25.0. The summed E-state index contributed by atoms with van der Waals surface area (Å²) in [6.07, 6.45) is 1.93. The van der Waals surface area contributed by atoms with Crippen LogP contribution < -0.4 is 10.6 Å². The molecule has 146 valence electrons. The third-order valence-corrected chi connectivity index (χ3v) is 4.86. The standard InChI is InChI=1S/C17H28N4O4S/c1-14(22)18-15-6-8-16(9-7-15)19-17(23)10-13-21(26(4,24)25)12-5-11-20(2)3/h6-9H,5,10-13H2,1-4H3,(H,18,22)(H,19,23). The summed E-state index contributed by atoms with van der Waals surface area (Å²) in [7, 11) is 0.498. The second kappa shape index (κ2) is 10.2. The summed E-state index contributed by atoms with van der Waals surface area (Å²) < 4.78 is 25.0. The molecule has 0 spiro atoms. The first kappa shape index (κ1) is 22.1. The molecule has 0 aliphatic rings. The molecule has 0 aliphatic carbocycles. The number of carbonyl (C=O) groups is 2. The number of nitrogens with zero attached hydrogens (tertiary/aromatic N) is 2. The van der Waals surface area contributed by atoms with Crippen LogP contribution in [0.5, 0.6) is 0 Å². The van der Waals surface area contributed by atoms with Gasteiger partial charge in [-0.05, 0) is 51.3 Å². The second-order valence-electron chi connectivity index (χ2n) is 6.38. The number of carbonyl (C=O) groups excluding carboxylic acids is 2. The predicted octanol–water partition coefficient (Wildman–Crippen LogP) is 1.19. The van der Waals surface area contributed by atoms with Crippen molar-refractivity contribution in [2.75, 3.05) is 50.6 Å². The molecule has 0 saturated carbocycles. The van der Waals surface area contributed by atoms with Crippen LogP contribution in [0.1, 0.15) is 19.8 Å². The van der Waals surface area contributed by atoms with E-state index < -0.39 is 10.0 Å². The van der Waals surface area contributed by atoms with Crippen LogP contribution in [0.4, 0.5) is 11.4 Å². The van der Waals surface area contributed by atoms with Crippen molar-refractivity contribution in [2.45, 2.75) is 19.8 Å². The molecule has 1 rings (SSSR count). The summed E-state index contributed by atoms with van der Waals surface area (Å²) in [6.45, 7) is 2.72. The minimum absolute atomic E-state index is 0.0719. The number of nitrogens with one attached hydrogen (secondary N) is 2. The van der Waals surface area contributed by atoms with E-state index in [4.69, 9.17) is 0 Å². The first-order valence-electron chi connectivity index (χ1n) is 8.35. The highest BCUT2D eigenvalue weighted by atomic mass is 32.2. The monoisotopic (exact) mass is 384 g/mol. The predicted molar refractivity (Wildman–Crippen MR) is 104 cm³/mol. The van der Waals surface area contributed by atoms with Crippen molar-refractivity contribution in [3.05, 3.63) is 24.3 Å². The van der Waals surface area contributed by atoms with Gasteiger partial charge in [-0.1, -0.05) is 0 Å². The summed E-state index contributed by atoms with van der Waals surface area (Å²) in [5.74, 6) is -0.435. The van der Waals surface area contributed by atoms with Gasteiger partial charge in [0.05, 0.1) is 6.26 Å². The summed E-state index contributed by atoms with van der Waals surface area (Å²) in [5.41, 5.74) is 1.22. The maximum absolute atomic E-state index is 12.1. The molecular weight excluding hydrogens is 356 g/mol. The quantitative estimate of drug-likeness (QED) is 0.631. The molecule has 0 fully saturated rings. The molecular formula is C17H28N4O4S. The fraction of sp³-hybridized carbons (Fsp3) is 0.529. The maximum Gasteiger partial charge on any atom is 0.225 e. The zero-order chi connectivity index (χ0) is 19.7. The van der Waals surface area contributed by atoms with Gasteiger partial charge < -0.3 is 15.5 Å². The van der Waals surface area contributed by atoms with E-state index >= 15 is 0 Å². The molecule has 1 aromatic carbocycles. The van der Waals surface area contributed by atoms with Crippen molar-refractivity contribution in [1.82, 2.24) is 9.21 Å². The lowest BCUT2D eigenvalue weighted by Crippen LogP contribution is -2.35. The normalized spacial score (nSPS) is 11.6. The van der Waals surface area contributed by atoms with Gasteiger partial charge in [0.25, 0.3) is 0 Å². The Labute approximate surface area is 155 Å². The largest absolute Gasteiger partial charge is 0.326 e. The first-order valence-corrected chi connectivity index (χ1v) is 10.2. The topological polar surface area (TPSA) is 98.8 Å². The van der Waals surface area contributed by atoms with E-state index in [-0.39, 0.29) is 24.8 Å². The van der Waals surface area contributed by atoms with Crippen LogP contribution in [-0.4, -0.2) is 69.4 Å². The lowest BCUT2D eigenvalue weighted by molar-refractivity contribution is -0.116. The molecule has 0 saturated heterocycles. The molecule has 26 heavy (non-hydrogen) atoms. The van der Waals surface area contributed by atoms with Gasteiger partial charge in [0, 0.05) is 37.8 Å². The maximum atomic E-state index is 12.1. The van der Waals surface area contributed by atoms with Crippen molar-refractivity contribution in [3.63, 3.8) is 0 Å². The summed E-state index contributed by atoms with van der Waals surface area (Å²) in [5, 5.41) is 5.36. The fourth-order valence-electron chi connectivity index (χ4n) is 2.30. The summed E-state index contributed by atoms with van der Waals surface area (Å²) >= 11 is 0. The van der Waals surface area contributed by atoms with Gasteiger partial charge in [0.1, 0.15) is 0 Å². The minimum atomic E-state index is -3.35. The SMILES string of the molecule is CC(=O)Nc1ccc(NC(=O)CCN(CCCN(C)C)S(C)(=O)=O)cc1. The Balaban J connectivity index is 2.53. The highest BCUT2D eigenvalue weighted by molar-refractivity contribution is 7.88. The molecule has 0 atom stereocenters. The van der Waals surface area contributed by atoms with E-state index in [0.717, 1.165) is 12.8 Å². The molecule has 9 heteroatoms. The Morgan fingerprint density at radius 2 is 1.50 bits per heavy atom. The van der Waals surface area contributed by atoms with Crippen LogP contribution in [0.25, 0.3) is 0 Å². The molecule has 0 radical (unpaired) electrons. The molecule has 0 aromatic heterocycles. The van der Waals surface area contributed by atoms with E-state index in [1.165, 1.54) is 11.2 Å². The Morgan fingerprint density at radius 1 is 0.962 bits per heavy atom. The summed E-state index contributed by atoms with van der Waals surface area (Å²) in [6, 6.07) is 6.71. The number of rotatable bonds is 10. The minimum Gasteiger partial charge on any atom is -0.326 e.